The molecule has 8 nitrogen and oxygen atoms in total. The average molecular weight is 363 g/mol. The van der Waals surface area contributed by atoms with Gasteiger partial charge in [0.1, 0.15) is 5.65 Å². The van der Waals surface area contributed by atoms with Crippen LogP contribution in [0.5, 0.6) is 0 Å². The zero-order chi connectivity index (χ0) is 19.0. The number of urea groups is 1. The van der Waals surface area contributed by atoms with Crippen LogP contribution in [-0.4, -0.2) is 38.7 Å². The SMILES string of the molecule is Cc1cc(NC(=O)c2cccc(CN3C(=O)CNC3=O)c2)cn2ccnc12. The molecule has 0 aliphatic carbocycles. The molecular weight excluding hydrogens is 346 g/mol. The molecule has 0 saturated carbocycles. The van der Waals surface area contributed by atoms with E-state index in [1.165, 1.54) is 0 Å². The summed E-state index contributed by atoms with van der Waals surface area (Å²) in [5.74, 6) is -0.549. The van der Waals surface area contributed by atoms with Gasteiger partial charge in [-0.3, -0.25) is 14.5 Å². The number of aromatic nitrogens is 2. The van der Waals surface area contributed by atoms with Gasteiger partial charge in [0.05, 0.1) is 18.8 Å². The van der Waals surface area contributed by atoms with E-state index in [0.717, 1.165) is 16.1 Å². The largest absolute Gasteiger partial charge is 0.329 e. The zero-order valence-electron chi connectivity index (χ0n) is 14.6. The third kappa shape index (κ3) is 3.24. The van der Waals surface area contributed by atoms with E-state index < -0.39 is 6.03 Å². The molecule has 136 valence electrons. The lowest BCUT2D eigenvalue weighted by molar-refractivity contribution is -0.125. The predicted octanol–water partition coefficient (Wildman–Crippen LogP) is 1.95. The number of hydrogen-bond donors (Lipinski definition) is 2. The van der Waals surface area contributed by atoms with Gasteiger partial charge in [-0.1, -0.05) is 12.1 Å². The standard InChI is InChI=1S/C19H17N5O3/c1-12-7-15(11-23-6-5-20-17(12)23)22-18(26)14-4-2-3-13(8-14)10-24-16(25)9-21-19(24)27/h2-8,11H,9-10H2,1H3,(H,21,27)(H,22,26). The van der Waals surface area contributed by atoms with Crippen molar-refractivity contribution in [3.63, 3.8) is 0 Å². The number of hydrogen-bond acceptors (Lipinski definition) is 4. The number of nitrogens with one attached hydrogen (secondary N) is 2. The van der Waals surface area contributed by atoms with E-state index in [1.807, 2.05) is 23.6 Å². The van der Waals surface area contributed by atoms with Crippen LogP contribution in [-0.2, 0) is 11.3 Å². The van der Waals surface area contributed by atoms with E-state index in [9.17, 15) is 14.4 Å². The summed E-state index contributed by atoms with van der Waals surface area (Å²) >= 11 is 0. The first-order valence-corrected chi connectivity index (χ1v) is 8.43. The van der Waals surface area contributed by atoms with Crippen molar-refractivity contribution < 1.29 is 14.4 Å². The highest BCUT2D eigenvalue weighted by Gasteiger charge is 2.28. The van der Waals surface area contributed by atoms with E-state index in [-0.39, 0.29) is 24.9 Å². The number of rotatable bonds is 4. The fraction of sp³-hybridized carbons (Fsp3) is 0.158. The lowest BCUT2D eigenvalue weighted by atomic mass is 10.1. The number of fused-ring (bicyclic) bond motifs is 1. The summed E-state index contributed by atoms with van der Waals surface area (Å²) < 4.78 is 1.85. The molecule has 4 rings (SSSR count). The lowest BCUT2D eigenvalue weighted by Gasteiger charge is -2.13. The quantitative estimate of drug-likeness (QED) is 0.693. The molecule has 3 heterocycles. The Bertz CT molecular complexity index is 1060. The topological polar surface area (TPSA) is 95.8 Å². The van der Waals surface area contributed by atoms with Gasteiger partial charge in [-0.15, -0.1) is 0 Å². The smallest absolute Gasteiger partial charge is 0.324 e. The minimum atomic E-state index is -0.418. The Labute approximate surface area is 154 Å². The molecule has 27 heavy (non-hydrogen) atoms. The highest BCUT2D eigenvalue weighted by molar-refractivity contribution is 6.04. The highest BCUT2D eigenvalue weighted by atomic mass is 16.2. The molecule has 8 heteroatoms. The van der Waals surface area contributed by atoms with E-state index in [2.05, 4.69) is 15.6 Å². The van der Waals surface area contributed by atoms with Crippen molar-refractivity contribution in [2.75, 3.05) is 11.9 Å². The zero-order valence-corrected chi connectivity index (χ0v) is 14.6. The van der Waals surface area contributed by atoms with Crippen LogP contribution in [0, 0.1) is 6.92 Å². The van der Waals surface area contributed by atoms with Crippen LogP contribution < -0.4 is 10.6 Å². The van der Waals surface area contributed by atoms with Crippen molar-refractivity contribution in [3.05, 3.63) is 65.6 Å². The highest BCUT2D eigenvalue weighted by Crippen LogP contribution is 2.17. The number of carbonyl (C=O) groups excluding carboxylic acids is 3. The Hall–Kier alpha value is -3.68. The molecule has 1 aliphatic rings. The number of anilines is 1. The molecule has 3 aromatic rings. The molecule has 4 amide bonds. The normalized spacial score (nSPS) is 13.9. The second-order valence-electron chi connectivity index (χ2n) is 6.36. The van der Waals surface area contributed by atoms with Crippen LogP contribution in [0.25, 0.3) is 5.65 Å². The van der Waals surface area contributed by atoms with Crippen molar-refractivity contribution in [2.45, 2.75) is 13.5 Å². The molecule has 0 radical (unpaired) electrons. The number of amides is 4. The Balaban J connectivity index is 1.53. The minimum Gasteiger partial charge on any atom is -0.329 e. The number of pyridine rings is 1. The molecule has 2 N–H and O–H groups in total. The summed E-state index contributed by atoms with van der Waals surface area (Å²) in [6.45, 7) is 2.07. The maximum atomic E-state index is 12.6. The molecule has 0 spiro atoms. The van der Waals surface area contributed by atoms with Gasteiger partial charge in [0.2, 0.25) is 5.91 Å². The molecule has 1 aromatic carbocycles. The van der Waals surface area contributed by atoms with Crippen molar-refractivity contribution in [1.29, 1.82) is 0 Å². The number of aryl methyl sites for hydroxylation is 1. The van der Waals surface area contributed by atoms with E-state index >= 15 is 0 Å². The molecule has 0 atom stereocenters. The Morgan fingerprint density at radius 2 is 2.15 bits per heavy atom. The number of imide groups is 1. The summed E-state index contributed by atoms with van der Waals surface area (Å²) in [6, 6.07) is 8.31. The second-order valence-corrected chi connectivity index (χ2v) is 6.36. The van der Waals surface area contributed by atoms with Gasteiger partial charge >= 0.3 is 6.03 Å². The van der Waals surface area contributed by atoms with Crippen LogP contribution in [0.1, 0.15) is 21.5 Å². The lowest BCUT2D eigenvalue weighted by Crippen LogP contribution is -2.30. The summed E-state index contributed by atoms with van der Waals surface area (Å²) in [7, 11) is 0. The molecule has 0 bridgehead atoms. The molecule has 1 fully saturated rings. The van der Waals surface area contributed by atoms with E-state index in [0.29, 0.717) is 16.8 Å². The summed E-state index contributed by atoms with van der Waals surface area (Å²) in [6.07, 6.45) is 5.31. The molecule has 2 aromatic heterocycles. The van der Waals surface area contributed by atoms with Gasteiger partial charge in [-0.2, -0.15) is 0 Å². The van der Waals surface area contributed by atoms with Crippen LogP contribution in [0.15, 0.2) is 48.9 Å². The fourth-order valence-corrected chi connectivity index (χ4v) is 3.09. The van der Waals surface area contributed by atoms with Gasteiger partial charge in [0.25, 0.3) is 5.91 Å². The summed E-state index contributed by atoms with van der Waals surface area (Å²) in [5, 5.41) is 5.35. The maximum Gasteiger partial charge on any atom is 0.324 e. The fourth-order valence-electron chi connectivity index (χ4n) is 3.09. The third-order valence-corrected chi connectivity index (χ3v) is 4.40. The van der Waals surface area contributed by atoms with Gasteiger partial charge < -0.3 is 15.0 Å². The van der Waals surface area contributed by atoms with E-state index in [4.69, 9.17) is 0 Å². The average Bonchev–Trinajstić information content (AvgIpc) is 3.24. The van der Waals surface area contributed by atoms with Crippen molar-refractivity contribution in [2.24, 2.45) is 0 Å². The first kappa shape index (κ1) is 16.8. The Kier molecular flexibility index (Phi) is 4.08. The van der Waals surface area contributed by atoms with Crippen molar-refractivity contribution in [3.8, 4) is 0 Å². The minimum absolute atomic E-state index is 0.00902. The molecule has 0 unspecified atom stereocenters. The molecular formula is C19H17N5O3. The first-order valence-electron chi connectivity index (χ1n) is 8.43. The third-order valence-electron chi connectivity index (χ3n) is 4.40. The number of imidazole rings is 1. The van der Waals surface area contributed by atoms with Crippen LogP contribution in [0.3, 0.4) is 0 Å². The van der Waals surface area contributed by atoms with Gasteiger partial charge in [0.15, 0.2) is 0 Å². The van der Waals surface area contributed by atoms with Crippen LogP contribution in [0.2, 0.25) is 0 Å². The van der Waals surface area contributed by atoms with Gasteiger partial charge in [0, 0.05) is 24.2 Å². The van der Waals surface area contributed by atoms with Crippen molar-refractivity contribution >= 4 is 29.2 Å². The van der Waals surface area contributed by atoms with Crippen LogP contribution >= 0.6 is 0 Å². The second kappa shape index (κ2) is 6.56. The Morgan fingerprint density at radius 3 is 2.93 bits per heavy atom. The van der Waals surface area contributed by atoms with Crippen molar-refractivity contribution in [1.82, 2.24) is 19.6 Å². The van der Waals surface area contributed by atoms with Gasteiger partial charge in [-0.25, -0.2) is 9.78 Å². The summed E-state index contributed by atoms with van der Waals surface area (Å²) in [4.78, 5) is 41.4. The Morgan fingerprint density at radius 1 is 1.30 bits per heavy atom. The molecule has 1 aliphatic heterocycles. The maximum absolute atomic E-state index is 12.6. The number of benzene rings is 1. The summed E-state index contributed by atoms with van der Waals surface area (Å²) in [5.41, 5.74) is 3.59. The van der Waals surface area contributed by atoms with Gasteiger partial charge in [-0.05, 0) is 36.2 Å². The molecule has 1 saturated heterocycles. The van der Waals surface area contributed by atoms with E-state index in [1.54, 1.807) is 36.7 Å². The number of nitrogens with zero attached hydrogens (tertiary/aromatic N) is 3. The predicted molar refractivity (Wildman–Crippen MR) is 98.3 cm³/mol. The monoisotopic (exact) mass is 363 g/mol. The first-order chi connectivity index (χ1) is 13.0. The van der Waals surface area contributed by atoms with Crippen LogP contribution in [0.4, 0.5) is 10.5 Å². The number of carbonyl (C=O) groups is 3.